The SMILES string of the molecule is CCOc1cc(C2/C(=C(\O)c3ccccc3)C(=O)C(=O)N2CCCn2ccnc2)ccc1OCc1ccccc1. The molecule has 1 N–H and O–H groups in total. The third-order valence-electron chi connectivity index (χ3n) is 6.78. The number of carbonyl (C=O) groups excluding carboxylic acids is 2. The summed E-state index contributed by atoms with van der Waals surface area (Å²) in [5, 5.41) is 11.3. The van der Waals surface area contributed by atoms with E-state index in [0.717, 1.165) is 5.56 Å². The molecule has 0 radical (unpaired) electrons. The smallest absolute Gasteiger partial charge is 0.295 e. The van der Waals surface area contributed by atoms with Gasteiger partial charge in [0.2, 0.25) is 0 Å². The van der Waals surface area contributed by atoms with Crippen molar-refractivity contribution < 1.29 is 24.2 Å². The fraction of sp³-hybridized carbons (Fsp3) is 0.219. The van der Waals surface area contributed by atoms with Crippen LogP contribution in [0.25, 0.3) is 5.76 Å². The summed E-state index contributed by atoms with van der Waals surface area (Å²) in [6, 6.07) is 23.2. The molecule has 1 aliphatic heterocycles. The first-order valence-electron chi connectivity index (χ1n) is 13.3. The number of likely N-dealkylation sites (tertiary alicyclic amines) is 1. The van der Waals surface area contributed by atoms with Crippen molar-refractivity contribution >= 4 is 17.4 Å². The van der Waals surface area contributed by atoms with Gasteiger partial charge in [0.1, 0.15) is 12.4 Å². The van der Waals surface area contributed by atoms with E-state index in [1.165, 1.54) is 4.90 Å². The number of Topliss-reactive ketones (excluding diaryl/α,β-unsaturated/α-hetero) is 1. The molecule has 0 spiro atoms. The maximum Gasteiger partial charge on any atom is 0.295 e. The molecule has 8 heteroatoms. The van der Waals surface area contributed by atoms with Gasteiger partial charge < -0.3 is 24.0 Å². The van der Waals surface area contributed by atoms with Gasteiger partial charge in [0.15, 0.2) is 11.5 Å². The van der Waals surface area contributed by atoms with Crippen LogP contribution in [-0.4, -0.2) is 44.4 Å². The lowest BCUT2D eigenvalue weighted by atomic mass is 9.95. The highest BCUT2D eigenvalue weighted by molar-refractivity contribution is 6.46. The monoisotopic (exact) mass is 537 g/mol. The summed E-state index contributed by atoms with van der Waals surface area (Å²) in [5.74, 6) is -0.510. The zero-order valence-corrected chi connectivity index (χ0v) is 22.3. The van der Waals surface area contributed by atoms with E-state index in [2.05, 4.69) is 4.98 Å². The largest absolute Gasteiger partial charge is 0.507 e. The second-order valence-corrected chi connectivity index (χ2v) is 9.43. The van der Waals surface area contributed by atoms with Crippen LogP contribution >= 0.6 is 0 Å². The van der Waals surface area contributed by atoms with Gasteiger partial charge in [-0.15, -0.1) is 0 Å². The lowest BCUT2D eigenvalue weighted by Crippen LogP contribution is -2.31. The summed E-state index contributed by atoms with van der Waals surface area (Å²) in [6.45, 7) is 3.59. The molecular formula is C32H31N3O5. The summed E-state index contributed by atoms with van der Waals surface area (Å²) in [7, 11) is 0. The molecule has 5 rings (SSSR count). The number of imidazole rings is 1. The van der Waals surface area contributed by atoms with E-state index in [4.69, 9.17) is 9.47 Å². The van der Waals surface area contributed by atoms with Gasteiger partial charge in [-0.3, -0.25) is 9.59 Å². The fourth-order valence-electron chi connectivity index (χ4n) is 4.87. The van der Waals surface area contributed by atoms with Crippen molar-refractivity contribution in [1.29, 1.82) is 0 Å². The molecule has 0 saturated carbocycles. The molecular weight excluding hydrogens is 506 g/mol. The molecule has 2 heterocycles. The van der Waals surface area contributed by atoms with Crippen LogP contribution in [0.15, 0.2) is 103 Å². The van der Waals surface area contributed by atoms with Crippen molar-refractivity contribution in [3.8, 4) is 11.5 Å². The Kier molecular flexibility index (Phi) is 8.25. The number of carbonyl (C=O) groups is 2. The minimum atomic E-state index is -0.787. The number of aliphatic hydroxyl groups is 1. The Hall–Kier alpha value is -4.85. The Morgan fingerprint density at radius 2 is 1.68 bits per heavy atom. The fourth-order valence-corrected chi connectivity index (χ4v) is 4.87. The number of aliphatic hydroxyl groups excluding tert-OH is 1. The molecule has 1 atom stereocenters. The topological polar surface area (TPSA) is 93.9 Å². The average molecular weight is 538 g/mol. The van der Waals surface area contributed by atoms with Gasteiger partial charge in [-0.25, -0.2) is 4.98 Å². The van der Waals surface area contributed by atoms with Crippen molar-refractivity contribution in [2.75, 3.05) is 13.2 Å². The van der Waals surface area contributed by atoms with Gasteiger partial charge in [-0.05, 0) is 36.6 Å². The molecule has 1 aromatic heterocycles. The number of benzene rings is 3. The predicted molar refractivity (Wildman–Crippen MR) is 151 cm³/mol. The number of rotatable bonds is 11. The van der Waals surface area contributed by atoms with E-state index in [9.17, 15) is 14.7 Å². The second-order valence-electron chi connectivity index (χ2n) is 9.43. The minimum Gasteiger partial charge on any atom is -0.507 e. The number of ketones is 1. The molecule has 1 aliphatic rings. The maximum atomic E-state index is 13.4. The van der Waals surface area contributed by atoms with Crippen LogP contribution in [-0.2, 0) is 22.7 Å². The number of hydrogen-bond donors (Lipinski definition) is 1. The third-order valence-corrected chi connectivity index (χ3v) is 6.78. The lowest BCUT2D eigenvalue weighted by Gasteiger charge is -2.26. The number of hydrogen-bond acceptors (Lipinski definition) is 6. The van der Waals surface area contributed by atoms with E-state index >= 15 is 0 Å². The Morgan fingerprint density at radius 1 is 0.925 bits per heavy atom. The summed E-state index contributed by atoms with van der Waals surface area (Å²) >= 11 is 0. The predicted octanol–water partition coefficient (Wildman–Crippen LogP) is 5.37. The zero-order valence-electron chi connectivity index (χ0n) is 22.3. The van der Waals surface area contributed by atoms with Crippen LogP contribution < -0.4 is 9.47 Å². The highest BCUT2D eigenvalue weighted by atomic mass is 16.5. The van der Waals surface area contributed by atoms with Crippen LogP contribution in [0.1, 0.15) is 36.1 Å². The van der Waals surface area contributed by atoms with Crippen molar-refractivity contribution in [3.63, 3.8) is 0 Å². The van der Waals surface area contributed by atoms with Gasteiger partial charge in [0.25, 0.3) is 11.7 Å². The van der Waals surface area contributed by atoms with Crippen LogP contribution in [0.3, 0.4) is 0 Å². The van der Waals surface area contributed by atoms with Gasteiger partial charge in [-0.2, -0.15) is 0 Å². The minimum absolute atomic E-state index is 0.0548. The molecule has 4 aromatic rings. The molecule has 1 unspecified atom stereocenters. The number of aryl methyl sites for hydroxylation is 1. The first kappa shape index (κ1) is 26.7. The van der Waals surface area contributed by atoms with Crippen molar-refractivity contribution in [2.24, 2.45) is 0 Å². The molecule has 1 saturated heterocycles. The van der Waals surface area contributed by atoms with E-state index in [0.29, 0.717) is 55.4 Å². The van der Waals surface area contributed by atoms with Crippen molar-refractivity contribution in [1.82, 2.24) is 14.5 Å². The molecule has 1 fully saturated rings. The Labute approximate surface area is 233 Å². The Balaban J connectivity index is 1.51. The summed E-state index contributed by atoms with van der Waals surface area (Å²) in [6.07, 6.45) is 5.86. The Morgan fingerprint density at radius 3 is 2.38 bits per heavy atom. The van der Waals surface area contributed by atoms with E-state index in [1.54, 1.807) is 48.9 Å². The number of ether oxygens (including phenoxy) is 2. The van der Waals surface area contributed by atoms with Crippen LogP contribution in [0.5, 0.6) is 11.5 Å². The average Bonchev–Trinajstić information content (AvgIpc) is 3.60. The normalized spacial score (nSPS) is 16.3. The quantitative estimate of drug-likeness (QED) is 0.157. The molecule has 40 heavy (non-hydrogen) atoms. The van der Waals surface area contributed by atoms with Crippen molar-refractivity contribution in [3.05, 3.63) is 120 Å². The maximum absolute atomic E-state index is 13.4. The van der Waals surface area contributed by atoms with Crippen LogP contribution in [0, 0.1) is 0 Å². The van der Waals surface area contributed by atoms with E-state index in [-0.39, 0.29) is 11.3 Å². The summed E-state index contributed by atoms with van der Waals surface area (Å²) in [4.78, 5) is 32.3. The molecule has 204 valence electrons. The first-order chi connectivity index (χ1) is 19.6. The molecule has 3 aromatic carbocycles. The van der Waals surface area contributed by atoms with Gasteiger partial charge >= 0.3 is 0 Å². The van der Waals surface area contributed by atoms with Gasteiger partial charge in [-0.1, -0.05) is 66.7 Å². The van der Waals surface area contributed by atoms with Gasteiger partial charge in [0.05, 0.1) is 24.5 Å². The highest BCUT2D eigenvalue weighted by Crippen LogP contribution is 2.42. The summed E-state index contributed by atoms with van der Waals surface area (Å²) < 4.78 is 13.9. The van der Waals surface area contributed by atoms with E-state index in [1.807, 2.05) is 60.2 Å². The first-order valence-corrected chi connectivity index (χ1v) is 13.3. The highest BCUT2D eigenvalue weighted by Gasteiger charge is 2.46. The van der Waals surface area contributed by atoms with E-state index < -0.39 is 17.7 Å². The lowest BCUT2D eigenvalue weighted by molar-refractivity contribution is -0.139. The number of aromatic nitrogens is 2. The second kappa shape index (κ2) is 12.3. The standard InChI is InChI=1S/C32H31N3O5/c1-2-39-27-20-25(14-15-26(27)40-21-23-10-5-3-6-11-23)29-28(30(36)24-12-7-4-8-13-24)31(37)32(38)35(29)18-9-17-34-19-16-33-22-34/h3-8,10-16,19-20,22,29,36H,2,9,17-18,21H2,1H3/b30-28+. The molecule has 8 nitrogen and oxygen atoms in total. The molecule has 0 aliphatic carbocycles. The molecule has 1 amide bonds. The van der Waals surface area contributed by atoms with Crippen LogP contribution in [0.4, 0.5) is 0 Å². The van der Waals surface area contributed by atoms with Crippen LogP contribution in [0.2, 0.25) is 0 Å². The van der Waals surface area contributed by atoms with Crippen molar-refractivity contribution in [2.45, 2.75) is 32.5 Å². The zero-order chi connectivity index (χ0) is 27.9. The third kappa shape index (κ3) is 5.76. The summed E-state index contributed by atoms with van der Waals surface area (Å²) in [5.41, 5.74) is 2.19. The number of amides is 1. The Bertz CT molecular complexity index is 1480. The van der Waals surface area contributed by atoms with Gasteiger partial charge in [0, 0.05) is 31.0 Å². The number of nitrogens with zero attached hydrogens (tertiary/aromatic N) is 3. The molecule has 0 bridgehead atoms.